The van der Waals surface area contributed by atoms with E-state index < -0.39 is 0 Å². The Morgan fingerprint density at radius 3 is 2.94 bits per heavy atom. The zero-order valence-electron chi connectivity index (χ0n) is 9.28. The third-order valence-electron chi connectivity index (χ3n) is 2.06. The highest BCUT2D eigenvalue weighted by Crippen LogP contribution is 2.31. The molecular formula is C9H9IN6O2. The summed E-state index contributed by atoms with van der Waals surface area (Å²) in [5, 5.41) is 24.1. The van der Waals surface area contributed by atoms with Crippen molar-refractivity contribution >= 4 is 34.8 Å². The van der Waals surface area contributed by atoms with Crippen molar-refractivity contribution in [2.75, 3.05) is 12.8 Å². The molecule has 2 aromatic rings. The van der Waals surface area contributed by atoms with Crippen molar-refractivity contribution in [1.82, 2.24) is 20.3 Å². The molecule has 0 saturated heterocycles. The predicted octanol–water partition coefficient (Wildman–Crippen LogP) is 0.456. The van der Waals surface area contributed by atoms with Gasteiger partial charge in [-0.1, -0.05) is 9.89 Å². The normalized spacial score (nSPS) is 11.0. The number of benzene rings is 1. The number of aromatic nitrogens is 4. The van der Waals surface area contributed by atoms with E-state index in [1.165, 1.54) is 13.3 Å². The number of nitrogen functional groups attached to an aromatic ring is 1. The Bertz CT molecular complexity index is 597. The van der Waals surface area contributed by atoms with E-state index in [-0.39, 0.29) is 11.7 Å². The summed E-state index contributed by atoms with van der Waals surface area (Å²) in [4.78, 5) is 1.09. The maximum Gasteiger partial charge on any atom is 0.263 e. The third-order valence-corrected chi connectivity index (χ3v) is 2.89. The second-order valence-corrected chi connectivity index (χ2v) is 4.39. The topological polar surface area (TPSA) is 111 Å². The van der Waals surface area contributed by atoms with E-state index in [1.54, 1.807) is 12.1 Å². The van der Waals surface area contributed by atoms with Gasteiger partial charge in [-0.25, -0.2) is 0 Å². The van der Waals surface area contributed by atoms with Crippen molar-refractivity contribution in [3.63, 3.8) is 0 Å². The van der Waals surface area contributed by atoms with Gasteiger partial charge in [0, 0.05) is 0 Å². The van der Waals surface area contributed by atoms with Crippen LogP contribution in [0.5, 0.6) is 11.5 Å². The summed E-state index contributed by atoms with van der Waals surface area (Å²) in [5.41, 5.74) is 6.19. The number of hydrogen-bond acceptors (Lipinski definition) is 7. The van der Waals surface area contributed by atoms with Crippen LogP contribution in [0.25, 0.3) is 0 Å². The molecule has 1 aromatic carbocycles. The molecule has 2 rings (SSSR count). The largest absolute Gasteiger partial charge is 0.504 e. The molecule has 0 aliphatic rings. The van der Waals surface area contributed by atoms with Crippen LogP contribution in [0.15, 0.2) is 17.2 Å². The lowest BCUT2D eigenvalue weighted by Gasteiger charge is -2.06. The van der Waals surface area contributed by atoms with E-state index in [2.05, 4.69) is 20.6 Å². The molecule has 0 fully saturated rings. The first-order chi connectivity index (χ1) is 8.61. The first kappa shape index (κ1) is 12.5. The zero-order chi connectivity index (χ0) is 13.1. The van der Waals surface area contributed by atoms with Gasteiger partial charge in [0.25, 0.3) is 5.95 Å². The van der Waals surface area contributed by atoms with Crippen molar-refractivity contribution in [3.8, 4) is 11.5 Å². The van der Waals surface area contributed by atoms with Gasteiger partial charge in [0.2, 0.25) is 0 Å². The highest BCUT2D eigenvalue weighted by atomic mass is 127. The summed E-state index contributed by atoms with van der Waals surface area (Å²) >= 11 is 2.00. The number of methoxy groups -OCH3 is 1. The predicted molar refractivity (Wildman–Crippen MR) is 72.6 cm³/mol. The fourth-order valence-corrected chi connectivity index (χ4v) is 1.84. The number of anilines is 1. The van der Waals surface area contributed by atoms with Crippen LogP contribution >= 0.6 is 22.6 Å². The van der Waals surface area contributed by atoms with Crippen LogP contribution in [-0.4, -0.2) is 38.7 Å². The molecule has 0 atom stereocenters. The van der Waals surface area contributed by atoms with E-state index >= 15 is 0 Å². The molecule has 18 heavy (non-hydrogen) atoms. The van der Waals surface area contributed by atoms with Gasteiger partial charge in [-0.3, -0.25) is 0 Å². The summed E-state index contributed by atoms with van der Waals surface area (Å²) < 4.78 is 5.69. The minimum absolute atomic E-state index is 0.0895. The van der Waals surface area contributed by atoms with Gasteiger partial charge in [0.05, 0.1) is 16.9 Å². The number of hydrogen-bond donors (Lipinski definition) is 2. The smallest absolute Gasteiger partial charge is 0.263 e. The van der Waals surface area contributed by atoms with Crippen LogP contribution in [0.3, 0.4) is 0 Å². The van der Waals surface area contributed by atoms with Crippen LogP contribution < -0.4 is 10.5 Å². The molecule has 0 bridgehead atoms. The molecule has 1 aromatic heterocycles. The molecule has 0 radical (unpaired) electrons. The molecule has 9 heteroatoms. The molecule has 0 unspecified atom stereocenters. The average Bonchev–Trinajstić information content (AvgIpc) is 2.76. The maximum absolute atomic E-state index is 9.68. The molecule has 0 aliphatic heterocycles. The second-order valence-electron chi connectivity index (χ2n) is 3.22. The van der Waals surface area contributed by atoms with Gasteiger partial charge in [0.15, 0.2) is 11.5 Å². The van der Waals surface area contributed by atoms with Crippen LogP contribution in [0, 0.1) is 3.57 Å². The molecule has 8 nitrogen and oxygen atoms in total. The number of ether oxygens (including phenoxy) is 1. The Hall–Kier alpha value is -1.91. The Morgan fingerprint density at radius 1 is 1.56 bits per heavy atom. The molecule has 0 saturated carbocycles. The van der Waals surface area contributed by atoms with Gasteiger partial charge in [-0.15, -0.1) is 0 Å². The number of nitrogens with two attached hydrogens (primary N) is 1. The summed E-state index contributed by atoms with van der Waals surface area (Å²) in [5.74, 6) is 0.553. The number of phenolic OH excluding ortho intramolecular Hbond substituents is 1. The van der Waals surface area contributed by atoms with E-state index in [4.69, 9.17) is 10.5 Å². The minimum Gasteiger partial charge on any atom is -0.504 e. The molecule has 1 heterocycles. The van der Waals surface area contributed by atoms with E-state index in [1.807, 2.05) is 22.6 Å². The summed E-state index contributed by atoms with van der Waals surface area (Å²) in [7, 11) is 1.48. The van der Waals surface area contributed by atoms with Crippen LogP contribution in [0.2, 0.25) is 0 Å². The monoisotopic (exact) mass is 360 g/mol. The quantitative estimate of drug-likeness (QED) is 0.608. The van der Waals surface area contributed by atoms with Gasteiger partial charge in [0.1, 0.15) is 0 Å². The van der Waals surface area contributed by atoms with Gasteiger partial charge in [-0.2, -0.15) is 5.10 Å². The Balaban J connectivity index is 2.32. The van der Waals surface area contributed by atoms with Crippen molar-refractivity contribution in [1.29, 1.82) is 0 Å². The maximum atomic E-state index is 9.68. The number of halogens is 1. The lowest BCUT2D eigenvalue weighted by Crippen LogP contribution is -2.00. The van der Waals surface area contributed by atoms with Gasteiger partial charge >= 0.3 is 0 Å². The van der Waals surface area contributed by atoms with Crippen LogP contribution in [0.4, 0.5) is 5.95 Å². The summed E-state index contributed by atoms with van der Waals surface area (Å²) in [6.07, 6.45) is 1.51. The number of aromatic hydroxyl groups is 1. The molecule has 94 valence electrons. The highest BCUT2D eigenvalue weighted by molar-refractivity contribution is 14.1. The Morgan fingerprint density at radius 2 is 2.33 bits per heavy atom. The van der Waals surface area contributed by atoms with Gasteiger partial charge < -0.3 is 15.6 Å². The number of tetrazole rings is 1. The SMILES string of the molecule is COc1cc(C=Nn2nnnc2N)cc(I)c1O. The fourth-order valence-electron chi connectivity index (χ4n) is 1.22. The van der Waals surface area contributed by atoms with Crippen molar-refractivity contribution in [2.45, 2.75) is 0 Å². The molecule has 0 amide bonds. The van der Waals surface area contributed by atoms with E-state index in [0.29, 0.717) is 9.32 Å². The minimum atomic E-state index is 0.0895. The number of rotatable bonds is 3. The fraction of sp³-hybridized carbons (Fsp3) is 0.111. The first-order valence-electron chi connectivity index (χ1n) is 4.76. The molecule has 0 spiro atoms. The lowest BCUT2D eigenvalue weighted by molar-refractivity contribution is 0.371. The average molecular weight is 360 g/mol. The van der Waals surface area contributed by atoms with E-state index in [0.717, 1.165) is 10.4 Å². The second kappa shape index (κ2) is 5.16. The lowest BCUT2D eigenvalue weighted by atomic mass is 10.2. The Kier molecular flexibility index (Phi) is 3.60. The summed E-state index contributed by atoms with van der Waals surface area (Å²) in [6.45, 7) is 0. The van der Waals surface area contributed by atoms with Crippen molar-refractivity contribution in [3.05, 3.63) is 21.3 Å². The van der Waals surface area contributed by atoms with Crippen molar-refractivity contribution in [2.24, 2.45) is 5.10 Å². The number of phenols is 1. The van der Waals surface area contributed by atoms with Gasteiger partial charge in [-0.05, 0) is 50.7 Å². The summed E-state index contributed by atoms with van der Waals surface area (Å²) in [6, 6.07) is 3.38. The first-order valence-corrected chi connectivity index (χ1v) is 5.84. The van der Waals surface area contributed by atoms with Crippen LogP contribution in [-0.2, 0) is 0 Å². The molecule has 3 N–H and O–H groups in total. The highest BCUT2D eigenvalue weighted by Gasteiger charge is 2.07. The van der Waals surface area contributed by atoms with Crippen molar-refractivity contribution < 1.29 is 9.84 Å². The Labute approximate surface area is 116 Å². The molecular weight excluding hydrogens is 351 g/mol. The standard InChI is InChI=1S/C9H9IN6O2/c1-18-7-3-5(2-6(10)8(7)17)4-12-16-9(11)13-14-15-16/h2-4,17H,1H3,(H2,11,13,15). The number of nitrogens with zero attached hydrogens (tertiary/aromatic N) is 5. The third kappa shape index (κ3) is 2.50. The van der Waals surface area contributed by atoms with Crippen LogP contribution in [0.1, 0.15) is 5.56 Å². The van der Waals surface area contributed by atoms with E-state index in [9.17, 15) is 5.11 Å². The zero-order valence-corrected chi connectivity index (χ0v) is 11.4. The molecule has 0 aliphatic carbocycles.